The molecule has 1 heterocycles. The molecule has 3 heteroatoms. The molecule has 1 saturated heterocycles. The molecule has 1 aliphatic rings. The summed E-state index contributed by atoms with van der Waals surface area (Å²) in [6.45, 7) is 4.88. The molecule has 0 aromatic rings. The molecule has 0 radical (unpaired) electrons. The van der Waals surface area contributed by atoms with Crippen molar-refractivity contribution in [2.75, 3.05) is 13.2 Å². The van der Waals surface area contributed by atoms with E-state index >= 15 is 0 Å². The lowest BCUT2D eigenvalue weighted by Gasteiger charge is -2.25. The molecule has 1 rings (SSSR count). The molecule has 1 aliphatic heterocycles. The molecular weight excluding hydrogens is 144 g/mol. The van der Waals surface area contributed by atoms with Crippen LogP contribution < -0.4 is 0 Å². The molecule has 0 spiro atoms. The third-order valence-electron chi connectivity index (χ3n) is 1.80. The van der Waals surface area contributed by atoms with Crippen LogP contribution in [0.4, 0.5) is 0 Å². The Labute approximate surface area is 66.7 Å². The van der Waals surface area contributed by atoms with E-state index in [1.54, 1.807) is 0 Å². The third kappa shape index (κ3) is 2.27. The molecular formula is C8H14O3. The van der Waals surface area contributed by atoms with Crippen LogP contribution in [0.25, 0.3) is 0 Å². The van der Waals surface area contributed by atoms with Gasteiger partial charge in [0.05, 0.1) is 13.0 Å². The van der Waals surface area contributed by atoms with Crippen molar-refractivity contribution in [2.45, 2.75) is 26.6 Å². The molecule has 0 amide bonds. The summed E-state index contributed by atoms with van der Waals surface area (Å²) in [5, 5.41) is 0. The van der Waals surface area contributed by atoms with Gasteiger partial charge < -0.3 is 9.47 Å². The number of carbonyl (C=O) groups excluding carboxylic acids is 1. The van der Waals surface area contributed by atoms with Crippen LogP contribution in [0, 0.1) is 5.92 Å². The Morgan fingerprint density at radius 1 is 1.73 bits per heavy atom. The van der Waals surface area contributed by atoms with Crippen molar-refractivity contribution in [1.82, 2.24) is 0 Å². The zero-order chi connectivity index (χ0) is 8.27. The predicted octanol–water partition coefficient (Wildman–Crippen LogP) is 0.975. The van der Waals surface area contributed by atoms with Crippen molar-refractivity contribution < 1.29 is 14.3 Å². The molecule has 0 aliphatic carbocycles. The zero-order valence-corrected chi connectivity index (χ0v) is 7.00. The molecule has 0 saturated carbocycles. The second kappa shape index (κ2) is 3.83. The second-order valence-electron chi connectivity index (χ2n) is 2.79. The summed E-state index contributed by atoms with van der Waals surface area (Å²) < 4.78 is 10.4. The molecule has 3 nitrogen and oxygen atoms in total. The number of hydrogen-bond acceptors (Lipinski definition) is 3. The van der Waals surface area contributed by atoms with Crippen LogP contribution >= 0.6 is 0 Å². The highest BCUT2D eigenvalue weighted by Gasteiger charge is 2.25. The van der Waals surface area contributed by atoms with Gasteiger partial charge in [-0.1, -0.05) is 6.92 Å². The van der Waals surface area contributed by atoms with Crippen LogP contribution in [-0.4, -0.2) is 25.3 Å². The molecule has 0 bridgehead atoms. The van der Waals surface area contributed by atoms with Crippen molar-refractivity contribution in [1.29, 1.82) is 0 Å². The number of rotatable bonds is 2. The van der Waals surface area contributed by atoms with Gasteiger partial charge in [-0.2, -0.15) is 0 Å². The zero-order valence-electron chi connectivity index (χ0n) is 7.00. The highest BCUT2D eigenvalue weighted by atomic mass is 16.7. The number of ketones is 1. The predicted molar refractivity (Wildman–Crippen MR) is 40.2 cm³/mol. The summed E-state index contributed by atoms with van der Waals surface area (Å²) >= 11 is 0. The van der Waals surface area contributed by atoms with Crippen molar-refractivity contribution in [3.8, 4) is 0 Å². The highest BCUT2D eigenvalue weighted by molar-refractivity contribution is 5.81. The lowest BCUT2D eigenvalue weighted by molar-refractivity contribution is -0.178. The number of ether oxygens (including phenoxy) is 2. The lowest BCUT2D eigenvalue weighted by atomic mass is 10.0. The Balaban J connectivity index is 2.34. The van der Waals surface area contributed by atoms with Gasteiger partial charge in [0.15, 0.2) is 6.29 Å². The Hall–Kier alpha value is -0.410. The largest absolute Gasteiger partial charge is 0.352 e. The van der Waals surface area contributed by atoms with Gasteiger partial charge in [-0.15, -0.1) is 0 Å². The fraction of sp³-hybridized carbons (Fsp3) is 0.875. The molecule has 0 N–H and O–H groups in total. The first-order valence-corrected chi connectivity index (χ1v) is 4.00. The molecule has 2 atom stereocenters. The summed E-state index contributed by atoms with van der Waals surface area (Å²) in [7, 11) is 0. The fourth-order valence-corrected chi connectivity index (χ4v) is 1.06. The van der Waals surface area contributed by atoms with E-state index in [4.69, 9.17) is 9.47 Å². The average Bonchev–Trinajstić information content (AvgIpc) is 1.98. The molecule has 0 aromatic carbocycles. The van der Waals surface area contributed by atoms with E-state index in [9.17, 15) is 4.79 Å². The van der Waals surface area contributed by atoms with Gasteiger partial charge in [0.25, 0.3) is 0 Å². The highest BCUT2D eigenvalue weighted by Crippen LogP contribution is 2.15. The normalized spacial score (nSPS) is 32.4. The number of Topliss-reactive ketones (excluding diaryl/α,β-unsaturated/α-hetero) is 1. The smallest absolute Gasteiger partial charge is 0.164 e. The Morgan fingerprint density at radius 2 is 2.45 bits per heavy atom. The van der Waals surface area contributed by atoms with E-state index in [1.165, 1.54) is 0 Å². The van der Waals surface area contributed by atoms with E-state index in [1.807, 2.05) is 13.8 Å². The van der Waals surface area contributed by atoms with Gasteiger partial charge in [-0.05, 0) is 6.92 Å². The van der Waals surface area contributed by atoms with E-state index < -0.39 is 0 Å². The SMILES string of the molecule is CCO[C@@H]1CC(=O)[C@@H](C)CO1. The van der Waals surface area contributed by atoms with Crippen molar-refractivity contribution >= 4 is 5.78 Å². The molecule has 0 aromatic heterocycles. The topological polar surface area (TPSA) is 35.5 Å². The van der Waals surface area contributed by atoms with Crippen molar-refractivity contribution in [3.05, 3.63) is 0 Å². The van der Waals surface area contributed by atoms with Gasteiger partial charge in [-0.3, -0.25) is 4.79 Å². The van der Waals surface area contributed by atoms with Gasteiger partial charge in [-0.25, -0.2) is 0 Å². The molecule has 0 unspecified atom stereocenters. The summed E-state index contributed by atoms with van der Waals surface area (Å²) in [4.78, 5) is 11.1. The third-order valence-corrected chi connectivity index (χ3v) is 1.80. The number of hydrogen-bond donors (Lipinski definition) is 0. The summed E-state index contributed by atoms with van der Waals surface area (Å²) in [5.74, 6) is 0.293. The monoisotopic (exact) mass is 158 g/mol. The molecule has 1 fully saturated rings. The second-order valence-corrected chi connectivity index (χ2v) is 2.79. The summed E-state index contributed by atoms with van der Waals surface area (Å²) in [5.41, 5.74) is 0. The Kier molecular flexibility index (Phi) is 3.02. The minimum absolute atomic E-state index is 0.0479. The fourth-order valence-electron chi connectivity index (χ4n) is 1.06. The van der Waals surface area contributed by atoms with E-state index in [-0.39, 0.29) is 18.0 Å². The molecule has 11 heavy (non-hydrogen) atoms. The van der Waals surface area contributed by atoms with Crippen molar-refractivity contribution in [3.63, 3.8) is 0 Å². The minimum Gasteiger partial charge on any atom is -0.352 e. The Morgan fingerprint density at radius 3 is 3.00 bits per heavy atom. The van der Waals surface area contributed by atoms with Crippen LogP contribution in [0.5, 0.6) is 0 Å². The summed E-state index contributed by atoms with van der Waals surface area (Å²) in [6.07, 6.45) is 0.123. The maximum Gasteiger partial charge on any atom is 0.164 e. The minimum atomic E-state index is -0.288. The number of carbonyl (C=O) groups is 1. The standard InChI is InChI=1S/C8H14O3/c1-3-10-8-4-7(9)6(2)5-11-8/h6,8H,3-5H2,1-2H3/t6-,8-/m0/s1. The van der Waals surface area contributed by atoms with E-state index in [0.29, 0.717) is 19.6 Å². The Bertz CT molecular complexity index is 144. The van der Waals surface area contributed by atoms with Gasteiger partial charge in [0, 0.05) is 12.5 Å². The maximum atomic E-state index is 11.1. The van der Waals surface area contributed by atoms with Crippen LogP contribution in [0.2, 0.25) is 0 Å². The summed E-state index contributed by atoms with van der Waals surface area (Å²) in [6, 6.07) is 0. The lowest BCUT2D eigenvalue weighted by Crippen LogP contribution is -2.33. The van der Waals surface area contributed by atoms with Crippen LogP contribution in [0.1, 0.15) is 20.3 Å². The maximum absolute atomic E-state index is 11.1. The first kappa shape index (κ1) is 8.68. The van der Waals surface area contributed by atoms with Gasteiger partial charge in [0.2, 0.25) is 0 Å². The average molecular weight is 158 g/mol. The first-order valence-electron chi connectivity index (χ1n) is 4.00. The van der Waals surface area contributed by atoms with Gasteiger partial charge >= 0.3 is 0 Å². The van der Waals surface area contributed by atoms with Crippen LogP contribution in [0.3, 0.4) is 0 Å². The van der Waals surface area contributed by atoms with Crippen LogP contribution in [-0.2, 0) is 14.3 Å². The quantitative estimate of drug-likeness (QED) is 0.600. The van der Waals surface area contributed by atoms with Crippen LogP contribution in [0.15, 0.2) is 0 Å². The van der Waals surface area contributed by atoms with Crippen molar-refractivity contribution in [2.24, 2.45) is 5.92 Å². The van der Waals surface area contributed by atoms with Gasteiger partial charge in [0.1, 0.15) is 5.78 Å². The van der Waals surface area contributed by atoms with E-state index in [2.05, 4.69) is 0 Å². The first-order chi connectivity index (χ1) is 5.24. The molecule has 64 valence electrons. The van der Waals surface area contributed by atoms with E-state index in [0.717, 1.165) is 0 Å².